The Bertz CT molecular complexity index is 868. The van der Waals surface area contributed by atoms with Gasteiger partial charge in [-0.25, -0.2) is 0 Å². The number of carbonyl (C=O) groups excluding carboxylic acids is 1. The predicted molar refractivity (Wildman–Crippen MR) is 93.5 cm³/mol. The van der Waals surface area contributed by atoms with Crippen LogP contribution in [0.15, 0.2) is 48.7 Å². The third-order valence-electron chi connectivity index (χ3n) is 4.23. The molecule has 0 aliphatic carbocycles. The summed E-state index contributed by atoms with van der Waals surface area (Å²) in [6.07, 6.45) is 1.72. The third kappa shape index (κ3) is 2.72. The number of benzene rings is 2. The SMILES string of the molecule is O=C(Nc1ccccc1N1CCOCC1)c1cccc2cn[nH]c12. The van der Waals surface area contributed by atoms with Gasteiger partial charge in [0.05, 0.1) is 41.9 Å². The largest absolute Gasteiger partial charge is 0.378 e. The van der Waals surface area contributed by atoms with Gasteiger partial charge in [-0.2, -0.15) is 5.10 Å². The molecule has 6 nitrogen and oxygen atoms in total. The van der Waals surface area contributed by atoms with Crippen LogP contribution in [0.25, 0.3) is 10.9 Å². The van der Waals surface area contributed by atoms with Crippen molar-refractivity contribution < 1.29 is 9.53 Å². The van der Waals surface area contributed by atoms with E-state index in [0.29, 0.717) is 18.8 Å². The zero-order valence-electron chi connectivity index (χ0n) is 13.2. The second-order valence-electron chi connectivity index (χ2n) is 5.71. The molecule has 2 heterocycles. The Morgan fingerprint density at radius 3 is 2.83 bits per heavy atom. The molecule has 6 heteroatoms. The first-order valence-electron chi connectivity index (χ1n) is 7.98. The molecular weight excluding hydrogens is 304 g/mol. The predicted octanol–water partition coefficient (Wildman–Crippen LogP) is 2.65. The van der Waals surface area contributed by atoms with Gasteiger partial charge in [0.2, 0.25) is 0 Å². The highest BCUT2D eigenvalue weighted by Gasteiger charge is 2.17. The van der Waals surface area contributed by atoms with Gasteiger partial charge in [-0.05, 0) is 18.2 Å². The van der Waals surface area contributed by atoms with Crippen molar-refractivity contribution in [2.75, 3.05) is 36.5 Å². The second kappa shape index (κ2) is 6.33. The van der Waals surface area contributed by atoms with Crippen molar-refractivity contribution in [3.63, 3.8) is 0 Å². The molecule has 1 saturated heterocycles. The van der Waals surface area contributed by atoms with Crippen molar-refractivity contribution >= 4 is 28.2 Å². The van der Waals surface area contributed by atoms with E-state index in [4.69, 9.17) is 4.74 Å². The van der Waals surface area contributed by atoms with Crippen molar-refractivity contribution in [3.05, 3.63) is 54.2 Å². The molecule has 24 heavy (non-hydrogen) atoms. The molecule has 1 aliphatic rings. The standard InChI is InChI=1S/C18H18N4O2/c23-18(14-5-3-4-13-12-19-21-17(13)14)20-15-6-1-2-7-16(15)22-8-10-24-11-9-22/h1-7,12H,8-11H2,(H,19,21)(H,20,23). The number of H-pyrrole nitrogens is 1. The number of hydrogen-bond acceptors (Lipinski definition) is 4. The van der Waals surface area contributed by atoms with Crippen molar-refractivity contribution in [2.24, 2.45) is 0 Å². The molecule has 0 spiro atoms. The maximum Gasteiger partial charge on any atom is 0.257 e. The number of carbonyl (C=O) groups is 1. The van der Waals surface area contributed by atoms with Gasteiger partial charge in [-0.1, -0.05) is 24.3 Å². The summed E-state index contributed by atoms with van der Waals surface area (Å²) >= 11 is 0. The molecule has 122 valence electrons. The Hall–Kier alpha value is -2.86. The first-order chi connectivity index (χ1) is 11.8. The lowest BCUT2D eigenvalue weighted by Crippen LogP contribution is -2.36. The van der Waals surface area contributed by atoms with Crippen molar-refractivity contribution in [1.82, 2.24) is 10.2 Å². The number of para-hydroxylation sites is 3. The molecule has 1 aliphatic heterocycles. The maximum absolute atomic E-state index is 12.8. The lowest BCUT2D eigenvalue weighted by atomic mass is 10.1. The van der Waals surface area contributed by atoms with E-state index < -0.39 is 0 Å². The summed E-state index contributed by atoms with van der Waals surface area (Å²) in [5, 5.41) is 10.9. The van der Waals surface area contributed by atoms with Crippen LogP contribution >= 0.6 is 0 Å². The van der Waals surface area contributed by atoms with Crippen LogP contribution in [-0.4, -0.2) is 42.4 Å². The van der Waals surface area contributed by atoms with Crippen LogP contribution in [0.3, 0.4) is 0 Å². The molecule has 0 saturated carbocycles. The van der Waals surface area contributed by atoms with Crippen LogP contribution in [0.5, 0.6) is 0 Å². The van der Waals surface area contributed by atoms with Crippen LogP contribution in [0, 0.1) is 0 Å². The number of aromatic amines is 1. The number of anilines is 2. The van der Waals surface area contributed by atoms with E-state index in [1.165, 1.54) is 0 Å². The normalized spacial score (nSPS) is 14.8. The number of nitrogens with zero attached hydrogens (tertiary/aromatic N) is 2. The van der Waals surface area contributed by atoms with Crippen LogP contribution in [0.2, 0.25) is 0 Å². The summed E-state index contributed by atoms with van der Waals surface area (Å²) < 4.78 is 5.41. The Morgan fingerprint density at radius 2 is 1.96 bits per heavy atom. The number of nitrogens with one attached hydrogen (secondary N) is 2. The van der Waals surface area contributed by atoms with E-state index in [1.807, 2.05) is 36.4 Å². The fourth-order valence-corrected chi connectivity index (χ4v) is 3.01. The lowest BCUT2D eigenvalue weighted by molar-refractivity contribution is 0.102. The summed E-state index contributed by atoms with van der Waals surface area (Å²) in [4.78, 5) is 15.0. The van der Waals surface area contributed by atoms with Gasteiger partial charge >= 0.3 is 0 Å². The van der Waals surface area contributed by atoms with E-state index in [0.717, 1.165) is 35.4 Å². The third-order valence-corrected chi connectivity index (χ3v) is 4.23. The Kier molecular flexibility index (Phi) is 3.88. The molecule has 1 amide bonds. The summed E-state index contributed by atoms with van der Waals surface area (Å²) in [7, 11) is 0. The van der Waals surface area contributed by atoms with E-state index >= 15 is 0 Å². The highest BCUT2D eigenvalue weighted by Crippen LogP contribution is 2.27. The summed E-state index contributed by atoms with van der Waals surface area (Å²) in [5.41, 5.74) is 3.16. The van der Waals surface area contributed by atoms with E-state index in [1.54, 1.807) is 12.3 Å². The zero-order valence-corrected chi connectivity index (χ0v) is 13.2. The van der Waals surface area contributed by atoms with Gasteiger partial charge in [-0.3, -0.25) is 9.89 Å². The highest BCUT2D eigenvalue weighted by molar-refractivity contribution is 6.12. The molecule has 2 aromatic carbocycles. The van der Waals surface area contributed by atoms with Crippen LogP contribution in [-0.2, 0) is 4.74 Å². The monoisotopic (exact) mass is 322 g/mol. The number of ether oxygens (including phenoxy) is 1. The van der Waals surface area contributed by atoms with Gasteiger partial charge in [0.25, 0.3) is 5.91 Å². The van der Waals surface area contributed by atoms with Crippen molar-refractivity contribution in [3.8, 4) is 0 Å². The van der Waals surface area contributed by atoms with Crippen LogP contribution < -0.4 is 10.2 Å². The minimum atomic E-state index is -0.148. The smallest absolute Gasteiger partial charge is 0.257 e. The number of rotatable bonds is 3. The number of amides is 1. The second-order valence-corrected chi connectivity index (χ2v) is 5.71. The average molecular weight is 322 g/mol. The molecule has 0 atom stereocenters. The minimum absolute atomic E-state index is 0.148. The molecule has 0 radical (unpaired) electrons. The zero-order chi connectivity index (χ0) is 16.4. The molecule has 1 aromatic heterocycles. The van der Waals surface area contributed by atoms with Crippen LogP contribution in [0.4, 0.5) is 11.4 Å². The fraction of sp³-hybridized carbons (Fsp3) is 0.222. The van der Waals surface area contributed by atoms with Gasteiger partial charge < -0.3 is 15.0 Å². The van der Waals surface area contributed by atoms with Gasteiger partial charge in [0.15, 0.2) is 0 Å². The molecule has 0 bridgehead atoms. The van der Waals surface area contributed by atoms with Crippen LogP contribution in [0.1, 0.15) is 10.4 Å². The fourth-order valence-electron chi connectivity index (χ4n) is 3.01. The number of hydrogen-bond donors (Lipinski definition) is 2. The maximum atomic E-state index is 12.8. The molecule has 3 aromatic rings. The summed E-state index contributed by atoms with van der Waals surface area (Å²) in [6.45, 7) is 3.05. The van der Waals surface area contributed by atoms with Gasteiger partial charge in [0.1, 0.15) is 0 Å². The Morgan fingerprint density at radius 1 is 1.12 bits per heavy atom. The quantitative estimate of drug-likeness (QED) is 0.778. The molecule has 2 N–H and O–H groups in total. The molecule has 4 rings (SSSR count). The van der Waals surface area contributed by atoms with Crippen molar-refractivity contribution in [1.29, 1.82) is 0 Å². The molecule has 1 fully saturated rings. The topological polar surface area (TPSA) is 70.2 Å². The first-order valence-corrected chi connectivity index (χ1v) is 7.98. The summed E-state index contributed by atoms with van der Waals surface area (Å²) in [6, 6.07) is 13.4. The van der Waals surface area contributed by atoms with E-state index in [2.05, 4.69) is 20.4 Å². The summed E-state index contributed by atoms with van der Waals surface area (Å²) in [5.74, 6) is -0.148. The number of aromatic nitrogens is 2. The minimum Gasteiger partial charge on any atom is -0.378 e. The Balaban J connectivity index is 1.63. The lowest BCUT2D eigenvalue weighted by Gasteiger charge is -2.30. The van der Waals surface area contributed by atoms with Gasteiger partial charge in [0, 0.05) is 18.5 Å². The first kappa shape index (κ1) is 14.7. The number of fused-ring (bicyclic) bond motifs is 1. The average Bonchev–Trinajstić information content (AvgIpc) is 3.11. The molecular formula is C18H18N4O2. The van der Waals surface area contributed by atoms with E-state index in [9.17, 15) is 4.79 Å². The molecule has 0 unspecified atom stereocenters. The Labute approximate surface area is 139 Å². The van der Waals surface area contributed by atoms with E-state index in [-0.39, 0.29) is 5.91 Å². The highest BCUT2D eigenvalue weighted by atomic mass is 16.5. The van der Waals surface area contributed by atoms with Crippen molar-refractivity contribution in [2.45, 2.75) is 0 Å². The number of morpholine rings is 1. The van der Waals surface area contributed by atoms with Gasteiger partial charge in [-0.15, -0.1) is 0 Å².